The summed E-state index contributed by atoms with van der Waals surface area (Å²) in [5.74, 6) is 2.76. The SMILES string of the molecule is O=c1/c(=C\c2ccccc2)sc2n1C(c1ccccc1)C1CCCC(=C3SCCCS3)C1N=2. The predicted molar refractivity (Wildman–Crippen MR) is 142 cm³/mol. The van der Waals surface area contributed by atoms with Crippen molar-refractivity contribution in [2.45, 2.75) is 37.8 Å². The molecule has 2 aliphatic heterocycles. The van der Waals surface area contributed by atoms with Crippen LogP contribution in [-0.2, 0) is 0 Å². The minimum atomic E-state index is 0.0415. The van der Waals surface area contributed by atoms with E-state index in [1.165, 1.54) is 39.7 Å². The van der Waals surface area contributed by atoms with Gasteiger partial charge in [0.15, 0.2) is 4.80 Å². The maximum absolute atomic E-state index is 13.7. The molecule has 0 N–H and O–H groups in total. The van der Waals surface area contributed by atoms with Gasteiger partial charge in [-0.15, -0.1) is 23.5 Å². The smallest absolute Gasteiger partial charge is 0.270 e. The van der Waals surface area contributed by atoms with E-state index in [2.05, 4.69) is 42.5 Å². The molecule has 0 radical (unpaired) electrons. The number of hydrogen-bond donors (Lipinski definition) is 0. The minimum Gasteiger partial charge on any atom is -0.276 e. The predicted octanol–water partition coefficient (Wildman–Crippen LogP) is 5.21. The van der Waals surface area contributed by atoms with Crippen LogP contribution in [0.3, 0.4) is 0 Å². The first-order chi connectivity index (χ1) is 16.3. The van der Waals surface area contributed by atoms with Crippen LogP contribution in [0, 0.1) is 5.92 Å². The first kappa shape index (κ1) is 21.5. The Labute approximate surface area is 206 Å². The van der Waals surface area contributed by atoms with Crippen molar-refractivity contribution in [1.82, 2.24) is 4.57 Å². The number of fused-ring (bicyclic) bond motifs is 2. The highest BCUT2D eigenvalue weighted by atomic mass is 32.2. The summed E-state index contributed by atoms with van der Waals surface area (Å²) in [5.41, 5.74) is 3.91. The van der Waals surface area contributed by atoms with E-state index >= 15 is 0 Å². The molecule has 3 aromatic rings. The molecule has 6 heteroatoms. The second-order valence-corrected chi connectivity index (χ2v) is 12.3. The monoisotopic (exact) mass is 490 g/mol. The third-order valence-corrected chi connectivity index (χ3v) is 10.5. The summed E-state index contributed by atoms with van der Waals surface area (Å²) < 4.78 is 4.29. The molecule has 2 aromatic carbocycles. The average Bonchev–Trinajstić information content (AvgIpc) is 3.18. The Morgan fingerprint density at radius 3 is 2.42 bits per heavy atom. The molecule has 1 aliphatic carbocycles. The lowest BCUT2D eigenvalue weighted by Gasteiger charge is -2.40. The molecule has 6 rings (SSSR count). The van der Waals surface area contributed by atoms with Gasteiger partial charge < -0.3 is 0 Å². The zero-order valence-electron chi connectivity index (χ0n) is 18.4. The highest BCUT2D eigenvalue weighted by Crippen LogP contribution is 2.47. The molecule has 0 bridgehead atoms. The summed E-state index contributed by atoms with van der Waals surface area (Å²) in [6.45, 7) is 0. The van der Waals surface area contributed by atoms with E-state index in [1.54, 1.807) is 11.3 Å². The first-order valence-corrected chi connectivity index (χ1v) is 14.5. The summed E-state index contributed by atoms with van der Waals surface area (Å²) in [7, 11) is 0. The number of benzene rings is 2. The van der Waals surface area contributed by atoms with E-state index in [4.69, 9.17) is 4.99 Å². The van der Waals surface area contributed by atoms with Crippen LogP contribution in [0.1, 0.15) is 42.9 Å². The summed E-state index contributed by atoms with van der Waals surface area (Å²) in [5, 5.41) is 0. The van der Waals surface area contributed by atoms with Crippen LogP contribution >= 0.6 is 34.9 Å². The van der Waals surface area contributed by atoms with Gasteiger partial charge in [-0.2, -0.15) is 0 Å². The highest BCUT2D eigenvalue weighted by molar-refractivity contribution is 8.22. The van der Waals surface area contributed by atoms with Gasteiger partial charge in [0.05, 0.1) is 16.6 Å². The van der Waals surface area contributed by atoms with Crippen molar-refractivity contribution < 1.29 is 0 Å². The third kappa shape index (κ3) is 4.07. The second kappa shape index (κ2) is 9.32. The fourth-order valence-corrected chi connectivity index (χ4v) is 9.13. The standard InChI is InChI=1S/C27H26N2OS3/c30-25-22(17-18-9-3-1-4-10-18)33-27-28-23-20(24(29(25)27)19-11-5-2-6-12-19)13-7-14-21(23)26-31-15-8-16-32-26/h1-6,9-12,17,20,23-24H,7-8,13-16H2/b22-17+. The minimum absolute atomic E-state index is 0.0415. The van der Waals surface area contributed by atoms with Crippen LogP contribution in [0.15, 0.2) is 80.3 Å². The van der Waals surface area contributed by atoms with Crippen LogP contribution in [-0.4, -0.2) is 22.1 Å². The van der Waals surface area contributed by atoms with Gasteiger partial charge in [0.25, 0.3) is 5.56 Å². The summed E-state index contributed by atoms with van der Waals surface area (Å²) in [6, 6.07) is 21.0. The zero-order valence-corrected chi connectivity index (χ0v) is 20.8. The third-order valence-electron chi connectivity index (χ3n) is 6.77. The van der Waals surface area contributed by atoms with Crippen LogP contribution in [0.4, 0.5) is 0 Å². The fraction of sp³-hybridized carbons (Fsp3) is 0.333. The lowest BCUT2D eigenvalue weighted by atomic mass is 9.75. The van der Waals surface area contributed by atoms with Crippen LogP contribution in [0.2, 0.25) is 0 Å². The number of thioether (sulfide) groups is 2. The number of thiazole rings is 1. The van der Waals surface area contributed by atoms with Gasteiger partial charge in [-0.1, -0.05) is 72.0 Å². The molecule has 0 spiro atoms. The van der Waals surface area contributed by atoms with Crippen molar-refractivity contribution >= 4 is 40.9 Å². The van der Waals surface area contributed by atoms with Gasteiger partial charge in [0.2, 0.25) is 0 Å². The Balaban J connectivity index is 1.57. The Hall–Kier alpha value is -2.02. The molecule has 3 nitrogen and oxygen atoms in total. The second-order valence-electron chi connectivity index (χ2n) is 8.83. The van der Waals surface area contributed by atoms with Crippen molar-refractivity contribution in [3.63, 3.8) is 0 Å². The molecular formula is C27H26N2OS3. The molecule has 33 heavy (non-hydrogen) atoms. The van der Waals surface area contributed by atoms with Gasteiger partial charge in [-0.3, -0.25) is 14.4 Å². The molecule has 3 unspecified atom stereocenters. The van der Waals surface area contributed by atoms with Gasteiger partial charge in [0.1, 0.15) is 0 Å². The first-order valence-electron chi connectivity index (χ1n) is 11.7. The summed E-state index contributed by atoms with van der Waals surface area (Å²) in [4.78, 5) is 19.9. The van der Waals surface area contributed by atoms with Crippen LogP contribution < -0.4 is 14.9 Å². The molecule has 1 saturated carbocycles. The number of nitrogens with zero attached hydrogens (tertiary/aromatic N) is 2. The van der Waals surface area contributed by atoms with Crippen LogP contribution in [0.25, 0.3) is 6.08 Å². The Morgan fingerprint density at radius 2 is 1.67 bits per heavy atom. The molecule has 3 heterocycles. The maximum atomic E-state index is 13.7. The summed E-state index contributed by atoms with van der Waals surface area (Å²) >= 11 is 5.60. The van der Waals surface area contributed by atoms with E-state index in [0.29, 0.717) is 5.92 Å². The lowest BCUT2D eigenvalue weighted by Crippen LogP contribution is -2.47. The topological polar surface area (TPSA) is 34.4 Å². The molecule has 3 atom stereocenters. The Morgan fingerprint density at radius 1 is 0.939 bits per heavy atom. The van der Waals surface area contributed by atoms with E-state index in [9.17, 15) is 4.79 Å². The molecule has 0 amide bonds. The van der Waals surface area contributed by atoms with E-state index < -0.39 is 0 Å². The van der Waals surface area contributed by atoms with E-state index in [-0.39, 0.29) is 17.6 Å². The molecule has 1 aromatic heterocycles. The molecule has 3 aliphatic rings. The number of aromatic nitrogens is 1. The van der Waals surface area contributed by atoms with Gasteiger partial charge in [-0.05, 0) is 60.0 Å². The largest absolute Gasteiger partial charge is 0.276 e. The average molecular weight is 491 g/mol. The highest BCUT2D eigenvalue weighted by Gasteiger charge is 2.41. The van der Waals surface area contributed by atoms with E-state index in [1.807, 2.05) is 52.4 Å². The molecular weight excluding hydrogens is 465 g/mol. The van der Waals surface area contributed by atoms with Crippen LogP contribution in [0.5, 0.6) is 0 Å². The van der Waals surface area contributed by atoms with Gasteiger partial charge in [-0.25, -0.2) is 0 Å². The molecule has 168 valence electrons. The zero-order chi connectivity index (χ0) is 22.2. The van der Waals surface area contributed by atoms with Crippen molar-refractivity contribution in [3.05, 3.63) is 101 Å². The normalized spacial score (nSPS) is 25.3. The fourth-order valence-electron chi connectivity index (χ4n) is 5.31. The number of hydrogen-bond acceptors (Lipinski definition) is 5. The Kier molecular flexibility index (Phi) is 6.07. The summed E-state index contributed by atoms with van der Waals surface area (Å²) in [6.07, 6.45) is 6.73. The molecule has 1 saturated heterocycles. The molecule has 2 fully saturated rings. The lowest BCUT2D eigenvalue weighted by molar-refractivity contribution is 0.254. The van der Waals surface area contributed by atoms with E-state index in [0.717, 1.165) is 27.7 Å². The van der Waals surface area contributed by atoms with Crippen molar-refractivity contribution in [2.75, 3.05) is 11.5 Å². The van der Waals surface area contributed by atoms with Gasteiger partial charge >= 0.3 is 0 Å². The van der Waals surface area contributed by atoms with Crippen molar-refractivity contribution in [1.29, 1.82) is 0 Å². The van der Waals surface area contributed by atoms with Gasteiger partial charge in [0, 0.05) is 10.2 Å². The maximum Gasteiger partial charge on any atom is 0.270 e. The van der Waals surface area contributed by atoms with Crippen molar-refractivity contribution in [2.24, 2.45) is 10.9 Å². The van der Waals surface area contributed by atoms with Crippen molar-refractivity contribution in [3.8, 4) is 0 Å². The quantitative estimate of drug-likeness (QED) is 0.494. The Bertz CT molecular complexity index is 1350. The number of rotatable bonds is 2.